The highest BCUT2D eigenvalue weighted by Crippen LogP contribution is 2.23. The summed E-state index contributed by atoms with van der Waals surface area (Å²) in [6.07, 6.45) is 1.57. The van der Waals surface area contributed by atoms with Gasteiger partial charge in [-0.1, -0.05) is 0 Å². The second-order valence-corrected chi connectivity index (χ2v) is 13.2. The minimum absolute atomic E-state index is 0.516. The molecule has 0 bridgehead atoms. The average Bonchev–Trinajstić information content (AvgIpc) is 2.83. The van der Waals surface area contributed by atoms with E-state index in [1.54, 1.807) is 0 Å². The van der Waals surface area contributed by atoms with Gasteiger partial charge in [0, 0.05) is 69.5 Å². The lowest BCUT2D eigenvalue weighted by atomic mass is 10.2. The fourth-order valence-corrected chi connectivity index (χ4v) is 9.15. The van der Waals surface area contributed by atoms with Crippen LogP contribution in [0.4, 0.5) is 0 Å². The van der Waals surface area contributed by atoms with Crippen molar-refractivity contribution in [3.05, 3.63) is 10.4 Å². The Morgan fingerprint density at radius 3 is 1.61 bits per heavy atom. The molecule has 208 valence electrons. The Labute approximate surface area is 217 Å². The number of hydrogen-bond acceptors (Lipinski definition) is 11. The van der Waals surface area contributed by atoms with Crippen LogP contribution in [-0.4, -0.2) is 80.2 Å². The van der Waals surface area contributed by atoms with Crippen molar-refractivity contribution in [2.45, 2.75) is 85.6 Å². The smallest absolute Gasteiger partial charge is 0.374 e. The average molecular weight is 548 g/mol. The second-order valence-electron chi connectivity index (χ2n) is 7.70. The molecule has 36 heavy (non-hydrogen) atoms. The van der Waals surface area contributed by atoms with Crippen LogP contribution in [0.5, 0.6) is 0 Å². The van der Waals surface area contributed by atoms with Crippen molar-refractivity contribution in [3.63, 3.8) is 0 Å². The maximum absolute atomic E-state index is 9.01. The quantitative estimate of drug-likeness (QED) is 0.0735. The Bertz CT molecular complexity index is 706. The largest absolute Gasteiger partial charge is 0.500 e. The molecule has 0 aromatic carbocycles. The maximum atomic E-state index is 9.01. The molecule has 1 rings (SSSR count). The summed E-state index contributed by atoms with van der Waals surface area (Å²) in [5.41, 5.74) is 9.01. The third-order valence-corrected chi connectivity index (χ3v) is 11.5. The number of rotatable bonds is 21. The van der Waals surface area contributed by atoms with Crippen molar-refractivity contribution in [3.8, 4) is 0 Å². The van der Waals surface area contributed by atoms with Crippen LogP contribution in [-0.2, 0) is 26.6 Å². The third-order valence-electron chi connectivity index (χ3n) is 5.18. The molecular formula is C21H45N7O6Si2. The van der Waals surface area contributed by atoms with Gasteiger partial charge >= 0.3 is 17.6 Å². The summed E-state index contributed by atoms with van der Waals surface area (Å²) < 4.78 is 35.6. The van der Waals surface area contributed by atoms with Crippen LogP contribution < -0.4 is 5.84 Å². The van der Waals surface area contributed by atoms with E-state index in [4.69, 9.17) is 37.9 Å². The zero-order valence-electron chi connectivity index (χ0n) is 22.8. The molecule has 1 heterocycles. The van der Waals surface area contributed by atoms with Crippen molar-refractivity contribution in [2.75, 3.05) is 39.6 Å². The molecule has 0 fully saturated rings. The Morgan fingerprint density at radius 1 is 0.806 bits per heavy atom. The van der Waals surface area contributed by atoms with E-state index < -0.39 is 23.9 Å². The minimum Gasteiger partial charge on any atom is -0.374 e. The maximum Gasteiger partial charge on any atom is 0.500 e. The van der Waals surface area contributed by atoms with E-state index in [9.17, 15) is 0 Å². The van der Waals surface area contributed by atoms with Crippen molar-refractivity contribution in [1.82, 2.24) is 5.01 Å². The molecule has 0 saturated heterocycles. The summed E-state index contributed by atoms with van der Waals surface area (Å²) in [4.78, 5) is 12.0. The first-order valence-electron chi connectivity index (χ1n) is 12.9. The summed E-state index contributed by atoms with van der Waals surface area (Å²) in [5, 5.41) is 5.05. The van der Waals surface area contributed by atoms with Crippen LogP contribution in [0.2, 0.25) is 12.1 Å². The van der Waals surface area contributed by atoms with E-state index in [0.717, 1.165) is 0 Å². The topological polar surface area (TPSA) is 158 Å². The molecule has 0 aromatic heterocycles. The van der Waals surface area contributed by atoms with Crippen LogP contribution in [0.1, 0.15) is 67.2 Å². The lowest BCUT2D eigenvalue weighted by Crippen LogP contribution is -2.48. The predicted molar refractivity (Wildman–Crippen MR) is 143 cm³/mol. The van der Waals surface area contributed by atoms with Crippen molar-refractivity contribution in [2.24, 2.45) is 20.9 Å². The summed E-state index contributed by atoms with van der Waals surface area (Å²) in [5.74, 6) is 7.37. The highest BCUT2D eigenvalue weighted by atomic mass is 28.4. The van der Waals surface area contributed by atoms with E-state index in [0.29, 0.717) is 89.1 Å². The molecule has 0 radical (unpaired) electrons. The molecule has 15 heteroatoms. The fraction of sp³-hybridized carbons (Fsp3) is 0.905. The summed E-state index contributed by atoms with van der Waals surface area (Å²) in [6.45, 7) is 14.7. The first kappa shape index (κ1) is 32.6. The van der Waals surface area contributed by atoms with Crippen LogP contribution in [0.3, 0.4) is 0 Å². The van der Waals surface area contributed by atoms with Gasteiger partial charge in [0.15, 0.2) is 0 Å². The predicted octanol–water partition coefficient (Wildman–Crippen LogP) is 4.22. The van der Waals surface area contributed by atoms with E-state index in [1.807, 2.05) is 41.5 Å². The molecule has 1 aliphatic rings. The van der Waals surface area contributed by atoms with Gasteiger partial charge in [0.1, 0.15) is 11.7 Å². The molecule has 0 aromatic rings. The van der Waals surface area contributed by atoms with E-state index in [-0.39, 0.29) is 0 Å². The van der Waals surface area contributed by atoms with Crippen molar-refractivity contribution < 1.29 is 26.6 Å². The van der Waals surface area contributed by atoms with Crippen LogP contribution >= 0.6 is 0 Å². The van der Waals surface area contributed by atoms with Gasteiger partial charge in [-0.05, 0) is 65.0 Å². The number of azide groups is 1. The second kappa shape index (κ2) is 18.0. The Morgan fingerprint density at radius 2 is 1.22 bits per heavy atom. The van der Waals surface area contributed by atoms with E-state index in [2.05, 4.69) is 20.0 Å². The van der Waals surface area contributed by atoms with Crippen LogP contribution in [0, 0.1) is 0 Å². The molecule has 2 N–H and O–H groups in total. The summed E-state index contributed by atoms with van der Waals surface area (Å²) >= 11 is 0. The highest BCUT2D eigenvalue weighted by Gasteiger charge is 2.41. The minimum atomic E-state index is -2.78. The standard InChI is InChI=1S/C21H45N7O6Si2/c1-7-29-35(30-8-2,31-9-3)17-13-15-19-24-20(28(23)21(25-19)26-27-22)16-14-18-36(32-10-4,33-11-5)34-12-6/h21H,7-18,23H2,1-6H3. The monoisotopic (exact) mass is 547 g/mol. The fourth-order valence-electron chi connectivity index (χ4n) is 3.93. The number of nitrogens with two attached hydrogens (primary N) is 1. The number of hydrogen-bond donors (Lipinski definition) is 1. The third kappa shape index (κ3) is 10.5. The zero-order chi connectivity index (χ0) is 26.9. The number of amidine groups is 2. The molecule has 1 unspecified atom stereocenters. The van der Waals surface area contributed by atoms with Gasteiger partial charge in [0.05, 0.1) is 0 Å². The van der Waals surface area contributed by atoms with Crippen LogP contribution in [0.15, 0.2) is 15.1 Å². The van der Waals surface area contributed by atoms with E-state index in [1.165, 1.54) is 5.01 Å². The van der Waals surface area contributed by atoms with Gasteiger partial charge in [0.25, 0.3) is 0 Å². The van der Waals surface area contributed by atoms with Gasteiger partial charge in [0.2, 0.25) is 6.29 Å². The van der Waals surface area contributed by atoms with Gasteiger partial charge < -0.3 is 26.6 Å². The number of nitrogens with zero attached hydrogens (tertiary/aromatic N) is 6. The van der Waals surface area contributed by atoms with Gasteiger partial charge in [-0.2, -0.15) is 0 Å². The van der Waals surface area contributed by atoms with Crippen molar-refractivity contribution in [1.29, 1.82) is 0 Å². The number of hydrazine groups is 1. The molecule has 0 amide bonds. The molecule has 0 saturated carbocycles. The first-order valence-corrected chi connectivity index (χ1v) is 16.8. The van der Waals surface area contributed by atoms with Gasteiger partial charge in [-0.25, -0.2) is 15.8 Å². The molecule has 1 atom stereocenters. The summed E-state index contributed by atoms with van der Waals surface area (Å²) in [6, 6.07) is 1.26. The lowest BCUT2D eigenvalue weighted by molar-refractivity contribution is 0.0701. The Hall–Kier alpha value is -1.40. The summed E-state index contributed by atoms with van der Waals surface area (Å²) in [7, 11) is -5.55. The molecular weight excluding hydrogens is 502 g/mol. The Kier molecular flexibility index (Phi) is 16.3. The SMILES string of the molecule is CCO[Si](CCCC1=NC(N=[N+]=[N-])N(N)C(CCC[Si](OCC)(OCC)OCC)=N1)(OCC)OCC. The Balaban J connectivity index is 2.94. The molecule has 0 aliphatic carbocycles. The molecule has 1 aliphatic heterocycles. The van der Waals surface area contributed by atoms with Gasteiger partial charge in [-0.3, -0.25) is 5.01 Å². The lowest BCUT2D eigenvalue weighted by Gasteiger charge is -2.31. The zero-order valence-corrected chi connectivity index (χ0v) is 24.8. The van der Waals surface area contributed by atoms with Crippen LogP contribution in [0.25, 0.3) is 10.4 Å². The van der Waals surface area contributed by atoms with Gasteiger partial charge in [-0.15, -0.1) is 0 Å². The molecule has 0 spiro atoms. The van der Waals surface area contributed by atoms with E-state index >= 15 is 0 Å². The highest BCUT2D eigenvalue weighted by molar-refractivity contribution is 6.61. The molecule has 13 nitrogen and oxygen atoms in total. The first-order chi connectivity index (χ1) is 17.4. The number of aliphatic imine (C=N–C) groups is 2. The normalized spacial score (nSPS) is 16.5. The van der Waals surface area contributed by atoms with Crippen molar-refractivity contribution >= 4 is 29.3 Å².